The Bertz CT molecular complexity index is 1550. The molecule has 1 aliphatic rings. The normalized spacial score (nSPS) is 15.6. The Kier molecular flexibility index (Phi) is 7.63. The zero-order valence-electron chi connectivity index (χ0n) is 19.9. The molecule has 0 amide bonds. The zero-order chi connectivity index (χ0) is 26.5. The third-order valence-corrected chi connectivity index (χ3v) is 7.59. The van der Waals surface area contributed by atoms with Gasteiger partial charge in [0.15, 0.2) is 17.3 Å². The van der Waals surface area contributed by atoms with E-state index in [0.717, 1.165) is 32.0 Å². The summed E-state index contributed by atoms with van der Waals surface area (Å²) in [7, 11) is -4.03. The summed E-state index contributed by atoms with van der Waals surface area (Å²) in [4.78, 5) is 17.2. The standard InChI is InChI=1S/C25H23ClFN7O3S/c26-18-5-1-2-6-22(18)38(35,36)34-16-7-8-21(19(27)14-16)37-24-23(29-12-13-30-24)20-9-11-31-25(33-20)32-17-4-3-10-28-15-17/h1-2,5-9,11-14,17,28,34H,3-4,10,15H2,(H,31,32,33)/t17-/m0/s1. The first-order valence-corrected chi connectivity index (χ1v) is 13.6. The largest absolute Gasteiger partial charge is 0.434 e. The summed E-state index contributed by atoms with van der Waals surface area (Å²) >= 11 is 6.00. The predicted molar refractivity (Wildman–Crippen MR) is 141 cm³/mol. The van der Waals surface area contributed by atoms with Crippen LogP contribution < -0.4 is 20.1 Å². The molecule has 0 bridgehead atoms. The number of aromatic nitrogens is 4. The van der Waals surface area contributed by atoms with Crippen LogP contribution in [0.25, 0.3) is 11.4 Å². The van der Waals surface area contributed by atoms with Gasteiger partial charge >= 0.3 is 0 Å². The van der Waals surface area contributed by atoms with Gasteiger partial charge in [0.05, 0.1) is 16.4 Å². The number of piperidine rings is 1. The molecule has 1 atom stereocenters. The average Bonchev–Trinajstić information content (AvgIpc) is 2.91. The van der Waals surface area contributed by atoms with Crippen molar-refractivity contribution in [2.24, 2.45) is 0 Å². The van der Waals surface area contributed by atoms with Crippen molar-refractivity contribution in [2.45, 2.75) is 23.8 Å². The molecule has 1 aliphatic heterocycles. The SMILES string of the molecule is O=S(=O)(Nc1ccc(Oc2nccnc2-c2ccnc(N[C@H]3CCCNC3)n2)c(F)c1)c1ccccc1Cl. The number of benzene rings is 2. The van der Waals surface area contributed by atoms with E-state index in [1.54, 1.807) is 24.4 Å². The monoisotopic (exact) mass is 555 g/mol. The summed E-state index contributed by atoms with van der Waals surface area (Å²) in [5.41, 5.74) is 0.736. The molecule has 0 aliphatic carbocycles. The maximum atomic E-state index is 15.0. The van der Waals surface area contributed by atoms with E-state index in [0.29, 0.717) is 17.3 Å². The number of nitrogens with one attached hydrogen (secondary N) is 3. The van der Waals surface area contributed by atoms with Crippen LogP contribution in [0, 0.1) is 5.82 Å². The third-order valence-electron chi connectivity index (χ3n) is 5.71. The van der Waals surface area contributed by atoms with Crippen molar-refractivity contribution in [1.29, 1.82) is 0 Å². The molecular weight excluding hydrogens is 533 g/mol. The maximum Gasteiger partial charge on any atom is 0.263 e. The van der Waals surface area contributed by atoms with Crippen LogP contribution >= 0.6 is 11.6 Å². The summed E-state index contributed by atoms with van der Waals surface area (Å²) in [6, 6.07) is 11.5. The number of hydrogen-bond donors (Lipinski definition) is 3. The van der Waals surface area contributed by atoms with Gasteiger partial charge in [-0.3, -0.25) is 4.72 Å². The molecule has 1 saturated heterocycles. The van der Waals surface area contributed by atoms with E-state index in [-0.39, 0.29) is 33.3 Å². The second kappa shape index (κ2) is 11.3. The Balaban J connectivity index is 1.35. The van der Waals surface area contributed by atoms with E-state index in [1.807, 2.05) is 0 Å². The van der Waals surface area contributed by atoms with Gasteiger partial charge in [-0.1, -0.05) is 23.7 Å². The molecule has 3 N–H and O–H groups in total. The fourth-order valence-corrected chi connectivity index (χ4v) is 5.49. The van der Waals surface area contributed by atoms with Gasteiger partial charge in [-0.25, -0.2) is 32.7 Å². The highest BCUT2D eigenvalue weighted by molar-refractivity contribution is 7.92. The van der Waals surface area contributed by atoms with Crippen molar-refractivity contribution in [3.63, 3.8) is 0 Å². The van der Waals surface area contributed by atoms with E-state index < -0.39 is 15.8 Å². The number of halogens is 2. The molecular formula is C25H23ClFN7O3S. The lowest BCUT2D eigenvalue weighted by Gasteiger charge is -2.23. The minimum absolute atomic E-state index is 0.00198. The lowest BCUT2D eigenvalue weighted by molar-refractivity contribution is 0.427. The summed E-state index contributed by atoms with van der Waals surface area (Å²) in [6.45, 7) is 1.81. The minimum Gasteiger partial charge on any atom is -0.434 e. The number of hydrogen-bond acceptors (Lipinski definition) is 9. The average molecular weight is 556 g/mol. The lowest BCUT2D eigenvalue weighted by Crippen LogP contribution is -2.38. The molecule has 0 saturated carbocycles. The highest BCUT2D eigenvalue weighted by atomic mass is 35.5. The van der Waals surface area contributed by atoms with Crippen molar-refractivity contribution in [3.05, 3.63) is 78.0 Å². The lowest BCUT2D eigenvalue weighted by atomic mass is 10.1. The van der Waals surface area contributed by atoms with Crippen LogP contribution in [0.15, 0.2) is 72.0 Å². The van der Waals surface area contributed by atoms with Crippen LogP contribution in [0.2, 0.25) is 5.02 Å². The number of nitrogens with zero attached hydrogens (tertiary/aromatic N) is 4. The fourth-order valence-electron chi connectivity index (χ4n) is 3.92. The molecule has 196 valence electrons. The second-order valence-corrected chi connectivity index (χ2v) is 10.5. The number of ether oxygens (including phenoxy) is 1. The molecule has 2 aromatic carbocycles. The van der Waals surface area contributed by atoms with Crippen molar-refractivity contribution in [2.75, 3.05) is 23.1 Å². The van der Waals surface area contributed by atoms with Crippen molar-refractivity contribution < 1.29 is 17.5 Å². The maximum absolute atomic E-state index is 15.0. The molecule has 2 aromatic heterocycles. The molecule has 0 radical (unpaired) electrons. The van der Waals surface area contributed by atoms with Gasteiger partial charge in [-0.05, 0) is 49.7 Å². The van der Waals surface area contributed by atoms with Crippen LogP contribution in [0.4, 0.5) is 16.0 Å². The van der Waals surface area contributed by atoms with Gasteiger partial charge in [0, 0.05) is 37.2 Å². The van der Waals surface area contributed by atoms with Crippen molar-refractivity contribution in [3.8, 4) is 23.0 Å². The van der Waals surface area contributed by atoms with Crippen LogP contribution in [-0.4, -0.2) is 47.5 Å². The summed E-state index contributed by atoms with van der Waals surface area (Å²) in [5.74, 6) is -0.516. The first-order valence-electron chi connectivity index (χ1n) is 11.8. The number of sulfonamides is 1. The topological polar surface area (TPSA) is 131 Å². The van der Waals surface area contributed by atoms with Crippen molar-refractivity contribution in [1.82, 2.24) is 25.3 Å². The zero-order valence-corrected chi connectivity index (χ0v) is 21.5. The first-order chi connectivity index (χ1) is 18.4. The van der Waals surface area contributed by atoms with E-state index >= 15 is 0 Å². The smallest absolute Gasteiger partial charge is 0.263 e. The fraction of sp³-hybridized carbons (Fsp3) is 0.200. The number of rotatable bonds is 8. The van der Waals surface area contributed by atoms with Crippen molar-refractivity contribution >= 4 is 33.3 Å². The molecule has 0 unspecified atom stereocenters. The van der Waals surface area contributed by atoms with E-state index in [2.05, 4.69) is 35.3 Å². The summed E-state index contributed by atoms with van der Waals surface area (Å²) in [5, 5.41) is 6.69. The quantitative estimate of drug-likeness (QED) is 0.288. The van der Waals surface area contributed by atoms with Gasteiger partial charge in [-0.2, -0.15) is 0 Å². The Morgan fingerprint density at radius 3 is 2.68 bits per heavy atom. The molecule has 10 nitrogen and oxygen atoms in total. The van der Waals surface area contributed by atoms with Gasteiger partial charge in [0.2, 0.25) is 11.8 Å². The molecule has 38 heavy (non-hydrogen) atoms. The van der Waals surface area contributed by atoms with Gasteiger partial charge in [-0.15, -0.1) is 0 Å². The van der Waals surface area contributed by atoms with E-state index in [1.165, 1.54) is 36.7 Å². The Hall–Kier alpha value is -3.87. The Morgan fingerprint density at radius 1 is 1.05 bits per heavy atom. The molecule has 13 heteroatoms. The predicted octanol–water partition coefficient (Wildman–Crippen LogP) is 4.48. The minimum atomic E-state index is -4.03. The molecule has 0 spiro atoms. The highest BCUT2D eigenvalue weighted by Crippen LogP contribution is 2.32. The summed E-state index contributed by atoms with van der Waals surface area (Å²) < 4.78 is 48.4. The van der Waals surface area contributed by atoms with Gasteiger partial charge < -0.3 is 15.4 Å². The van der Waals surface area contributed by atoms with Gasteiger partial charge in [0.1, 0.15) is 4.90 Å². The van der Waals surface area contributed by atoms with Gasteiger partial charge in [0.25, 0.3) is 10.0 Å². The third kappa shape index (κ3) is 5.98. The molecule has 5 rings (SSSR count). The molecule has 4 aromatic rings. The second-order valence-electron chi connectivity index (χ2n) is 8.45. The number of anilines is 2. The van der Waals surface area contributed by atoms with Crippen LogP contribution in [0.5, 0.6) is 11.6 Å². The highest BCUT2D eigenvalue weighted by Gasteiger charge is 2.20. The molecule has 3 heterocycles. The Labute approximate surface area is 223 Å². The first kappa shape index (κ1) is 25.8. The summed E-state index contributed by atoms with van der Waals surface area (Å²) in [6.07, 6.45) is 6.55. The Morgan fingerprint density at radius 2 is 1.89 bits per heavy atom. The van der Waals surface area contributed by atoms with E-state index in [9.17, 15) is 12.8 Å². The van der Waals surface area contributed by atoms with E-state index in [4.69, 9.17) is 16.3 Å². The van der Waals surface area contributed by atoms with Crippen LogP contribution in [0.1, 0.15) is 12.8 Å². The van der Waals surface area contributed by atoms with Crippen LogP contribution in [0.3, 0.4) is 0 Å². The van der Waals surface area contributed by atoms with Crippen LogP contribution in [-0.2, 0) is 10.0 Å². The molecule has 1 fully saturated rings.